The van der Waals surface area contributed by atoms with Gasteiger partial charge in [-0.05, 0) is 32.1 Å². The van der Waals surface area contributed by atoms with Crippen LogP contribution in [-0.4, -0.2) is 30.5 Å². The van der Waals surface area contributed by atoms with E-state index in [4.69, 9.17) is 0 Å². The molecule has 1 radical (unpaired) electrons. The Morgan fingerprint density at radius 2 is 2.36 bits per heavy atom. The molecule has 0 spiro atoms. The Morgan fingerprint density at radius 3 is 2.91 bits per heavy atom. The fraction of sp³-hybridized carbons (Fsp3) is 0.444. The average Bonchev–Trinajstić information content (AvgIpc) is 2.03. The van der Waals surface area contributed by atoms with Crippen LogP contribution in [0.2, 0.25) is 0 Å². The molecule has 1 heterocycles. The van der Waals surface area contributed by atoms with E-state index in [9.17, 15) is 0 Å². The van der Waals surface area contributed by atoms with Crippen molar-refractivity contribution in [1.29, 1.82) is 0 Å². The summed E-state index contributed by atoms with van der Waals surface area (Å²) >= 11 is 0. The quantitative estimate of drug-likeness (QED) is 0.637. The van der Waals surface area contributed by atoms with Crippen LogP contribution >= 0.6 is 0 Å². The molecular weight excluding hydrogens is 136 g/mol. The van der Waals surface area contributed by atoms with Crippen LogP contribution in [0.5, 0.6) is 0 Å². The highest BCUT2D eigenvalue weighted by molar-refractivity contribution is 5.07. The number of rotatable bonds is 3. The molecule has 0 atom stereocenters. The van der Waals surface area contributed by atoms with Crippen LogP contribution in [0.15, 0.2) is 18.3 Å². The Labute approximate surface area is 67.9 Å². The van der Waals surface area contributed by atoms with Gasteiger partial charge in [0.05, 0.1) is 6.20 Å². The number of likely N-dealkylation sites (N-methyl/N-ethyl adjacent to an activating group) is 1. The lowest BCUT2D eigenvalue weighted by molar-refractivity contribution is 0.413. The molecule has 0 aliphatic rings. The topological polar surface area (TPSA) is 16.1 Å². The second-order valence-electron chi connectivity index (χ2n) is 2.83. The first-order chi connectivity index (χ1) is 5.29. The third-order valence-electron chi connectivity index (χ3n) is 1.49. The first kappa shape index (κ1) is 8.21. The smallest absolute Gasteiger partial charge is 0.0921 e. The fourth-order valence-corrected chi connectivity index (χ4v) is 0.843. The van der Waals surface area contributed by atoms with Gasteiger partial charge in [-0.15, -0.1) is 0 Å². The van der Waals surface area contributed by atoms with Crippen LogP contribution in [0.25, 0.3) is 0 Å². The summed E-state index contributed by atoms with van der Waals surface area (Å²) in [6.07, 6.45) is 5.72. The minimum Gasteiger partial charge on any atom is -0.309 e. The van der Waals surface area contributed by atoms with Crippen molar-refractivity contribution in [1.82, 2.24) is 9.88 Å². The summed E-state index contributed by atoms with van der Waals surface area (Å²) in [5.74, 6) is 0. The zero-order valence-electron chi connectivity index (χ0n) is 7.04. The van der Waals surface area contributed by atoms with Gasteiger partial charge in [0.2, 0.25) is 0 Å². The summed E-state index contributed by atoms with van der Waals surface area (Å²) < 4.78 is 0. The molecule has 0 aromatic carbocycles. The van der Waals surface area contributed by atoms with Crippen molar-refractivity contribution in [2.24, 2.45) is 0 Å². The van der Waals surface area contributed by atoms with Crippen molar-refractivity contribution in [3.8, 4) is 0 Å². The van der Waals surface area contributed by atoms with E-state index in [-0.39, 0.29) is 0 Å². The molecule has 0 saturated heterocycles. The van der Waals surface area contributed by atoms with Gasteiger partial charge in [-0.25, -0.2) is 0 Å². The molecule has 0 fully saturated rings. The highest BCUT2D eigenvalue weighted by Crippen LogP contribution is 1.95. The van der Waals surface area contributed by atoms with E-state index in [2.05, 4.69) is 36.2 Å². The molecule has 0 bridgehead atoms. The van der Waals surface area contributed by atoms with Crippen molar-refractivity contribution in [2.45, 2.75) is 6.42 Å². The fourth-order valence-electron chi connectivity index (χ4n) is 0.843. The normalized spacial score (nSPS) is 10.5. The summed E-state index contributed by atoms with van der Waals surface area (Å²) in [5, 5.41) is 0. The van der Waals surface area contributed by atoms with Crippen molar-refractivity contribution in [3.63, 3.8) is 0 Å². The van der Waals surface area contributed by atoms with Gasteiger partial charge < -0.3 is 4.90 Å². The van der Waals surface area contributed by atoms with Crippen LogP contribution < -0.4 is 0 Å². The van der Waals surface area contributed by atoms with Gasteiger partial charge in [0.15, 0.2) is 0 Å². The van der Waals surface area contributed by atoms with Crippen LogP contribution in [0.4, 0.5) is 0 Å². The van der Waals surface area contributed by atoms with E-state index in [1.54, 1.807) is 6.20 Å². The van der Waals surface area contributed by atoms with Gasteiger partial charge >= 0.3 is 0 Å². The number of hydrogen-bond donors (Lipinski definition) is 0. The van der Waals surface area contributed by atoms with Crippen LogP contribution in [0.1, 0.15) is 5.56 Å². The minimum atomic E-state index is 1.03. The Morgan fingerprint density at radius 1 is 1.55 bits per heavy atom. The maximum absolute atomic E-state index is 3.92. The lowest BCUT2D eigenvalue weighted by atomic mass is 10.2. The van der Waals surface area contributed by atoms with Crippen molar-refractivity contribution in [2.75, 3.05) is 20.6 Å². The van der Waals surface area contributed by atoms with Gasteiger partial charge in [-0.3, -0.25) is 4.98 Å². The van der Waals surface area contributed by atoms with Crippen molar-refractivity contribution in [3.05, 3.63) is 30.1 Å². The van der Waals surface area contributed by atoms with Crippen molar-refractivity contribution >= 4 is 0 Å². The Kier molecular flexibility index (Phi) is 3.05. The summed E-state index contributed by atoms with van der Waals surface area (Å²) in [5.41, 5.74) is 1.18. The van der Waals surface area contributed by atoms with Gasteiger partial charge in [0.1, 0.15) is 0 Å². The Bertz CT molecular complexity index is 194. The zero-order chi connectivity index (χ0) is 8.10. The molecule has 0 aliphatic heterocycles. The standard InChI is InChI=1S/C9H13N2/c1-11(2)7-5-9-4-3-6-10-8-9/h3-4,6H,5,7H2,1-2H3. The predicted octanol–water partition coefficient (Wildman–Crippen LogP) is 0.986. The molecule has 11 heavy (non-hydrogen) atoms. The minimum absolute atomic E-state index is 1.03. The molecule has 1 aromatic heterocycles. The molecule has 2 heteroatoms. The van der Waals surface area contributed by atoms with E-state index < -0.39 is 0 Å². The van der Waals surface area contributed by atoms with E-state index in [1.165, 1.54) is 5.56 Å². The third kappa shape index (κ3) is 3.14. The van der Waals surface area contributed by atoms with Gasteiger partial charge in [-0.2, -0.15) is 0 Å². The predicted molar refractivity (Wildman–Crippen MR) is 45.3 cm³/mol. The molecular formula is C9H13N2. The number of hydrogen-bond acceptors (Lipinski definition) is 2. The maximum atomic E-state index is 3.92. The zero-order valence-corrected chi connectivity index (χ0v) is 7.04. The van der Waals surface area contributed by atoms with E-state index in [0.29, 0.717) is 0 Å². The molecule has 1 aromatic rings. The maximum Gasteiger partial charge on any atom is 0.0921 e. The molecule has 59 valence electrons. The highest BCUT2D eigenvalue weighted by Gasteiger charge is 1.93. The second-order valence-corrected chi connectivity index (χ2v) is 2.83. The molecule has 0 N–H and O–H groups in total. The first-order valence-electron chi connectivity index (χ1n) is 3.75. The van der Waals surface area contributed by atoms with Gasteiger partial charge in [0, 0.05) is 12.7 Å². The lowest BCUT2D eigenvalue weighted by Crippen LogP contribution is -2.15. The van der Waals surface area contributed by atoms with Crippen molar-refractivity contribution < 1.29 is 0 Å². The summed E-state index contributed by atoms with van der Waals surface area (Å²) in [4.78, 5) is 6.07. The van der Waals surface area contributed by atoms with Crippen LogP contribution in [0.3, 0.4) is 0 Å². The summed E-state index contributed by atoms with van der Waals surface area (Å²) in [7, 11) is 4.13. The highest BCUT2D eigenvalue weighted by atomic mass is 15.0. The third-order valence-corrected chi connectivity index (χ3v) is 1.49. The van der Waals surface area contributed by atoms with E-state index >= 15 is 0 Å². The molecule has 2 nitrogen and oxygen atoms in total. The van der Waals surface area contributed by atoms with Gasteiger partial charge in [-0.1, -0.05) is 6.07 Å². The Balaban J connectivity index is 2.39. The Hall–Kier alpha value is -0.890. The van der Waals surface area contributed by atoms with Crippen LogP contribution in [-0.2, 0) is 6.42 Å². The van der Waals surface area contributed by atoms with Crippen LogP contribution in [0, 0.1) is 6.20 Å². The first-order valence-corrected chi connectivity index (χ1v) is 3.75. The van der Waals surface area contributed by atoms with E-state index in [0.717, 1.165) is 13.0 Å². The summed E-state index contributed by atoms with van der Waals surface area (Å²) in [6.45, 7) is 1.06. The monoisotopic (exact) mass is 149 g/mol. The molecule has 0 saturated carbocycles. The second kappa shape index (κ2) is 4.09. The van der Waals surface area contributed by atoms with E-state index in [1.807, 2.05) is 6.07 Å². The average molecular weight is 149 g/mol. The lowest BCUT2D eigenvalue weighted by Gasteiger charge is -2.07. The molecule has 0 aliphatic carbocycles. The molecule has 0 unspecified atom stereocenters. The summed E-state index contributed by atoms with van der Waals surface area (Å²) in [6, 6.07) is 4.00. The number of pyridine rings is 1. The number of aromatic nitrogens is 1. The molecule has 0 amide bonds. The van der Waals surface area contributed by atoms with Gasteiger partial charge in [0.25, 0.3) is 0 Å². The number of nitrogens with zero attached hydrogens (tertiary/aromatic N) is 2. The largest absolute Gasteiger partial charge is 0.309 e. The molecule has 1 rings (SSSR count). The SMILES string of the molecule is CN(C)CCc1[c]nccc1.